The molecular formula is C24H33N7OS. The lowest BCUT2D eigenvalue weighted by molar-refractivity contribution is 0.153. The van der Waals surface area contributed by atoms with Crippen LogP contribution in [0, 0.1) is 12.3 Å². The zero-order chi connectivity index (χ0) is 23.8. The summed E-state index contributed by atoms with van der Waals surface area (Å²) in [6.45, 7) is 2.19. The SMILES string of the molecule is Cc1nc(/C(N)=C(\CN/C(S)=N/C(=N)c2ccccc2)N(C)N)ccc1OC1CCCCC1. The topological polar surface area (TPSA) is 126 Å². The second-order valence-corrected chi connectivity index (χ2v) is 8.56. The molecule has 0 amide bonds. The molecule has 0 bridgehead atoms. The monoisotopic (exact) mass is 467 g/mol. The number of aliphatic imine (C=N–C) groups is 1. The maximum Gasteiger partial charge on any atom is 0.160 e. The van der Waals surface area contributed by atoms with Crippen molar-refractivity contribution in [2.45, 2.75) is 45.1 Å². The number of hydrogen-bond acceptors (Lipinski definition) is 6. The van der Waals surface area contributed by atoms with Crippen molar-refractivity contribution in [1.82, 2.24) is 15.3 Å². The van der Waals surface area contributed by atoms with Crippen molar-refractivity contribution < 1.29 is 4.74 Å². The number of pyridine rings is 1. The van der Waals surface area contributed by atoms with Gasteiger partial charge in [-0.2, -0.15) is 0 Å². The third kappa shape index (κ3) is 6.97. The fraction of sp³-hybridized carbons (Fsp3) is 0.375. The van der Waals surface area contributed by atoms with E-state index in [1.54, 1.807) is 7.05 Å². The van der Waals surface area contributed by atoms with Gasteiger partial charge in [0.1, 0.15) is 5.75 Å². The molecule has 0 atom stereocenters. The van der Waals surface area contributed by atoms with E-state index >= 15 is 0 Å². The Hall–Kier alpha value is -3.04. The van der Waals surface area contributed by atoms with Crippen LogP contribution in [0.25, 0.3) is 5.70 Å². The van der Waals surface area contributed by atoms with E-state index in [4.69, 9.17) is 21.7 Å². The quantitative estimate of drug-likeness (QED) is 0.140. The molecule has 6 N–H and O–H groups in total. The number of aromatic nitrogens is 1. The molecule has 0 aliphatic heterocycles. The smallest absolute Gasteiger partial charge is 0.160 e. The number of nitrogens with two attached hydrogens (primary N) is 2. The third-order valence-corrected chi connectivity index (χ3v) is 5.83. The van der Waals surface area contributed by atoms with E-state index in [-0.39, 0.29) is 23.7 Å². The van der Waals surface area contributed by atoms with Crippen molar-refractivity contribution in [3.63, 3.8) is 0 Å². The van der Waals surface area contributed by atoms with Crippen molar-refractivity contribution in [1.29, 1.82) is 5.41 Å². The van der Waals surface area contributed by atoms with Crippen LogP contribution in [0.15, 0.2) is 53.2 Å². The number of thiol groups is 1. The Morgan fingerprint density at radius 2 is 1.91 bits per heavy atom. The summed E-state index contributed by atoms with van der Waals surface area (Å²) in [5, 5.41) is 12.9. The van der Waals surface area contributed by atoms with Crippen LogP contribution in [0.5, 0.6) is 5.75 Å². The molecule has 1 aromatic carbocycles. The Labute approximate surface area is 201 Å². The fourth-order valence-corrected chi connectivity index (χ4v) is 3.89. The largest absolute Gasteiger partial charge is 0.489 e. The lowest BCUT2D eigenvalue weighted by Crippen LogP contribution is -2.35. The van der Waals surface area contributed by atoms with Gasteiger partial charge in [0.15, 0.2) is 11.0 Å². The van der Waals surface area contributed by atoms with Crippen LogP contribution in [0.1, 0.15) is 49.1 Å². The zero-order valence-corrected chi connectivity index (χ0v) is 20.1. The van der Waals surface area contributed by atoms with Crippen LogP contribution in [0.4, 0.5) is 0 Å². The van der Waals surface area contributed by atoms with Gasteiger partial charge in [0, 0.05) is 12.6 Å². The highest BCUT2D eigenvalue weighted by Gasteiger charge is 2.17. The van der Waals surface area contributed by atoms with Gasteiger partial charge >= 0.3 is 0 Å². The van der Waals surface area contributed by atoms with Crippen LogP contribution in [-0.4, -0.2) is 40.7 Å². The van der Waals surface area contributed by atoms with Gasteiger partial charge in [0.05, 0.1) is 35.4 Å². The first-order valence-electron chi connectivity index (χ1n) is 11.1. The molecule has 0 saturated heterocycles. The van der Waals surface area contributed by atoms with E-state index in [2.05, 4.69) is 27.9 Å². The summed E-state index contributed by atoms with van der Waals surface area (Å²) in [6.07, 6.45) is 6.15. The molecule has 1 fully saturated rings. The third-order valence-electron chi connectivity index (χ3n) is 5.57. The summed E-state index contributed by atoms with van der Waals surface area (Å²) < 4.78 is 6.17. The number of hydrogen-bond donors (Lipinski definition) is 5. The highest BCUT2D eigenvalue weighted by molar-refractivity contribution is 7.96. The zero-order valence-electron chi connectivity index (χ0n) is 19.2. The highest BCUT2D eigenvalue weighted by Crippen LogP contribution is 2.26. The number of amidine groups is 2. The minimum atomic E-state index is 0.110. The fourth-order valence-electron chi connectivity index (χ4n) is 3.71. The van der Waals surface area contributed by atoms with Gasteiger partial charge in [-0.25, -0.2) is 15.8 Å². The van der Waals surface area contributed by atoms with Crippen LogP contribution in [0.2, 0.25) is 0 Å². The number of likely N-dealkylation sites (N-methyl/N-ethyl adjacent to an activating group) is 1. The number of aryl methyl sites for hydroxylation is 1. The first-order chi connectivity index (χ1) is 15.8. The number of nitrogens with one attached hydrogen (secondary N) is 2. The number of rotatable bonds is 7. The molecule has 3 rings (SSSR count). The van der Waals surface area contributed by atoms with Gasteiger partial charge in [-0.15, -0.1) is 12.6 Å². The molecule has 9 heteroatoms. The average Bonchev–Trinajstić information content (AvgIpc) is 2.81. The second-order valence-electron chi connectivity index (χ2n) is 8.13. The predicted octanol–water partition coefficient (Wildman–Crippen LogP) is 3.44. The highest BCUT2D eigenvalue weighted by atomic mass is 32.1. The Bertz CT molecular complexity index is 1010. The Morgan fingerprint density at radius 1 is 1.21 bits per heavy atom. The molecule has 176 valence electrons. The van der Waals surface area contributed by atoms with Crippen molar-refractivity contribution in [3.8, 4) is 5.75 Å². The molecular weight excluding hydrogens is 434 g/mol. The normalized spacial score (nSPS) is 15.6. The number of hydrazine groups is 1. The van der Waals surface area contributed by atoms with Gasteiger partial charge in [-0.3, -0.25) is 5.41 Å². The van der Waals surface area contributed by atoms with Crippen LogP contribution in [-0.2, 0) is 0 Å². The van der Waals surface area contributed by atoms with E-state index in [1.165, 1.54) is 24.3 Å². The minimum absolute atomic E-state index is 0.110. The summed E-state index contributed by atoms with van der Waals surface area (Å²) in [5.74, 6) is 6.95. The maximum absolute atomic E-state index is 8.12. The van der Waals surface area contributed by atoms with Gasteiger partial charge in [-0.05, 0) is 44.7 Å². The number of ether oxygens (including phenoxy) is 1. The van der Waals surface area contributed by atoms with Crippen molar-refractivity contribution in [2.75, 3.05) is 13.6 Å². The second kappa shape index (κ2) is 11.7. The van der Waals surface area contributed by atoms with E-state index in [9.17, 15) is 0 Å². The van der Waals surface area contributed by atoms with Crippen LogP contribution >= 0.6 is 12.6 Å². The molecule has 1 heterocycles. The molecule has 8 nitrogen and oxygen atoms in total. The van der Waals surface area contributed by atoms with Crippen LogP contribution in [0.3, 0.4) is 0 Å². The molecule has 1 aromatic heterocycles. The summed E-state index contributed by atoms with van der Waals surface area (Å²) >= 11 is 4.35. The molecule has 1 saturated carbocycles. The maximum atomic E-state index is 8.12. The first kappa shape index (κ1) is 24.6. The summed E-state index contributed by atoms with van der Waals surface area (Å²) in [5.41, 5.74) is 9.61. The molecule has 1 aliphatic rings. The van der Waals surface area contributed by atoms with Gasteiger partial charge in [-0.1, -0.05) is 36.8 Å². The van der Waals surface area contributed by atoms with E-state index in [0.717, 1.165) is 24.3 Å². The minimum Gasteiger partial charge on any atom is -0.489 e. The van der Waals surface area contributed by atoms with Crippen LogP contribution < -0.4 is 21.6 Å². The summed E-state index contributed by atoms with van der Waals surface area (Å²) in [7, 11) is 1.71. The molecule has 1 aliphatic carbocycles. The number of benzene rings is 1. The molecule has 33 heavy (non-hydrogen) atoms. The lowest BCUT2D eigenvalue weighted by Gasteiger charge is -2.24. The van der Waals surface area contributed by atoms with Gasteiger partial charge in [0.25, 0.3) is 0 Å². The predicted molar refractivity (Wildman–Crippen MR) is 137 cm³/mol. The first-order valence-corrected chi connectivity index (χ1v) is 11.6. The van der Waals surface area contributed by atoms with E-state index in [1.807, 2.05) is 49.4 Å². The standard InChI is InChI=1S/C24H33N7OS/c1-16-21(32-18-11-7-4-8-12-18)14-13-19(29-16)22(25)20(31(2)27)15-28-24(33)30-23(26)17-9-5-3-6-10-17/h3,5-6,9-10,13-14,18H,4,7-8,11-12,15,25,27H2,1-2H3,(H3,26,28,30,33)/b22-20-. The number of nitrogens with zero attached hydrogens (tertiary/aromatic N) is 3. The van der Waals surface area contributed by atoms with E-state index < -0.39 is 0 Å². The van der Waals surface area contributed by atoms with Crippen molar-refractivity contribution >= 4 is 29.3 Å². The van der Waals surface area contributed by atoms with E-state index in [0.29, 0.717) is 22.7 Å². The molecule has 0 radical (unpaired) electrons. The Kier molecular flexibility index (Phi) is 8.73. The molecule has 0 spiro atoms. The van der Waals surface area contributed by atoms with Crippen molar-refractivity contribution in [2.24, 2.45) is 16.6 Å². The van der Waals surface area contributed by atoms with Crippen molar-refractivity contribution in [3.05, 3.63) is 65.1 Å². The van der Waals surface area contributed by atoms with Gasteiger partial charge in [0.2, 0.25) is 0 Å². The molecule has 2 aromatic rings. The Balaban J connectivity index is 1.71. The average molecular weight is 468 g/mol. The summed E-state index contributed by atoms with van der Waals surface area (Å²) in [6, 6.07) is 13.0. The van der Waals surface area contributed by atoms with Gasteiger partial charge < -0.3 is 20.8 Å². The Morgan fingerprint density at radius 3 is 2.55 bits per heavy atom. The summed E-state index contributed by atoms with van der Waals surface area (Å²) in [4.78, 5) is 8.85. The molecule has 0 unspecified atom stereocenters. The lowest BCUT2D eigenvalue weighted by atomic mass is 9.98.